The Morgan fingerprint density at radius 2 is 1.85 bits per heavy atom. The van der Waals surface area contributed by atoms with E-state index in [4.69, 9.17) is 14.5 Å². The van der Waals surface area contributed by atoms with E-state index in [2.05, 4.69) is 33.0 Å². The molecule has 1 aliphatic rings. The van der Waals surface area contributed by atoms with Crippen LogP contribution in [-0.4, -0.2) is 35.5 Å². The number of hydrogen-bond acceptors (Lipinski definition) is 6. The van der Waals surface area contributed by atoms with Crippen LogP contribution in [0.3, 0.4) is 0 Å². The Morgan fingerprint density at radius 3 is 2.62 bits per heavy atom. The lowest BCUT2D eigenvalue weighted by Crippen LogP contribution is -2.25. The Balaban J connectivity index is 1.41. The summed E-state index contributed by atoms with van der Waals surface area (Å²) >= 11 is 2.14. The highest BCUT2D eigenvalue weighted by Gasteiger charge is 2.22. The summed E-state index contributed by atoms with van der Waals surface area (Å²) in [5, 5.41) is 7.96. The van der Waals surface area contributed by atoms with Crippen molar-refractivity contribution in [3.63, 3.8) is 0 Å². The van der Waals surface area contributed by atoms with Crippen LogP contribution in [0.1, 0.15) is 49.4 Å². The highest BCUT2D eigenvalue weighted by molar-refractivity contribution is 14.1. The predicted molar refractivity (Wildman–Crippen MR) is 161 cm³/mol. The van der Waals surface area contributed by atoms with E-state index >= 15 is 0 Å². The van der Waals surface area contributed by atoms with Crippen LogP contribution >= 0.6 is 22.6 Å². The number of aromatic nitrogens is 2. The van der Waals surface area contributed by atoms with Crippen molar-refractivity contribution in [2.24, 2.45) is 5.10 Å². The molecule has 0 saturated heterocycles. The number of fused-ring (bicyclic) bond motifs is 1. The fourth-order valence-electron chi connectivity index (χ4n) is 4.81. The number of anilines is 1. The topological polar surface area (TPSA) is 94.8 Å². The Kier molecular flexibility index (Phi) is 8.55. The van der Waals surface area contributed by atoms with Gasteiger partial charge in [0.2, 0.25) is 0 Å². The summed E-state index contributed by atoms with van der Waals surface area (Å²) < 4.78 is 13.6. The average molecular weight is 636 g/mol. The van der Waals surface area contributed by atoms with Gasteiger partial charge in [0.25, 0.3) is 11.5 Å². The van der Waals surface area contributed by atoms with Gasteiger partial charge in [0.1, 0.15) is 5.82 Å². The van der Waals surface area contributed by atoms with Gasteiger partial charge in [-0.2, -0.15) is 9.78 Å². The lowest BCUT2D eigenvalue weighted by molar-refractivity contribution is -0.118. The second-order valence-electron chi connectivity index (χ2n) is 9.42. The third-order valence-corrected chi connectivity index (χ3v) is 7.53. The van der Waals surface area contributed by atoms with Gasteiger partial charge in [0.05, 0.1) is 27.8 Å². The number of ether oxygens (including phenoxy) is 2. The first kappa shape index (κ1) is 26.9. The minimum atomic E-state index is -0.275. The summed E-state index contributed by atoms with van der Waals surface area (Å²) in [7, 11) is 1.54. The van der Waals surface area contributed by atoms with E-state index < -0.39 is 0 Å². The molecule has 0 unspecified atom stereocenters. The monoisotopic (exact) mass is 636 g/mol. The number of rotatable bonds is 8. The third kappa shape index (κ3) is 6.30. The van der Waals surface area contributed by atoms with E-state index in [0.717, 1.165) is 34.8 Å². The van der Waals surface area contributed by atoms with Gasteiger partial charge < -0.3 is 14.8 Å². The van der Waals surface area contributed by atoms with Crippen molar-refractivity contribution in [1.29, 1.82) is 0 Å². The molecule has 8 nitrogen and oxygen atoms in total. The molecule has 5 rings (SSSR count). The first-order valence-corrected chi connectivity index (χ1v) is 14.0. The van der Waals surface area contributed by atoms with Crippen LogP contribution in [0.15, 0.2) is 76.6 Å². The van der Waals surface area contributed by atoms with Gasteiger partial charge >= 0.3 is 0 Å². The number of carbonyl (C=O) groups excluding carboxylic acids is 1. The van der Waals surface area contributed by atoms with Crippen LogP contribution in [0.25, 0.3) is 10.9 Å². The lowest BCUT2D eigenvalue weighted by atomic mass is 9.88. The second-order valence-corrected chi connectivity index (χ2v) is 10.6. The Bertz CT molecular complexity index is 1560. The van der Waals surface area contributed by atoms with Gasteiger partial charge in [-0.3, -0.25) is 9.59 Å². The van der Waals surface area contributed by atoms with Crippen molar-refractivity contribution in [1.82, 2.24) is 9.66 Å². The maximum atomic E-state index is 13.5. The van der Waals surface area contributed by atoms with Gasteiger partial charge in [-0.25, -0.2) is 4.98 Å². The van der Waals surface area contributed by atoms with E-state index in [-0.39, 0.29) is 24.0 Å². The number of nitrogens with zero attached hydrogens (tertiary/aromatic N) is 3. The van der Waals surface area contributed by atoms with E-state index in [9.17, 15) is 9.59 Å². The lowest BCUT2D eigenvalue weighted by Gasteiger charge is -2.22. The number of para-hydroxylation sites is 2. The number of nitrogens with one attached hydrogen (secondary N) is 1. The van der Waals surface area contributed by atoms with Gasteiger partial charge in [-0.1, -0.05) is 49.6 Å². The highest BCUT2D eigenvalue weighted by atomic mass is 127. The smallest absolute Gasteiger partial charge is 0.282 e. The molecular formula is C30H29IN4O4. The molecule has 3 aromatic carbocycles. The highest BCUT2D eigenvalue weighted by Crippen LogP contribution is 2.34. The standard InChI is InChI=1S/C30H29IN4O4/c1-38-26-17-20(16-24(31)28(26)39-19-27(36)33-22-12-6-3-7-13-22)18-32-35-29(21-10-4-2-5-11-21)34-25-15-9-8-14-23(25)30(35)37/h3,6-9,12-18,21H,2,4-5,10-11,19H2,1H3,(H,33,36). The summed E-state index contributed by atoms with van der Waals surface area (Å²) in [6.45, 7) is -0.169. The summed E-state index contributed by atoms with van der Waals surface area (Å²) in [6.07, 6.45) is 7.08. The van der Waals surface area contributed by atoms with Crippen molar-refractivity contribution in [3.8, 4) is 11.5 Å². The molecule has 1 amide bonds. The fourth-order valence-corrected chi connectivity index (χ4v) is 5.59. The molecule has 0 spiro atoms. The molecule has 200 valence electrons. The summed E-state index contributed by atoms with van der Waals surface area (Å²) in [5.41, 5.74) is 1.95. The Labute approximate surface area is 240 Å². The largest absolute Gasteiger partial charge is 0.493 e. The molecule has 1 heterocycles. The molecule has 1 aliphatic carbocycles. The normalized spacial score (nSPS) is 14.0. The van der Waals surface area contributed by atoms with E-state index in [0.29, 0.717) is 33.9 Å². The molecule has 0 aliphatic heterocycles. The van der Waals surface area contributed by atoms with Crippen molar-refractivity contribution in [3.05, 3.63) is 92.0 Å². The molecule has 0 radical (unpaired) electrons. The number of halogens is 1. The van der Waals surface area contributed by atoms with Crippen molar-refractivity contribution in [2.75, 3.05) is 19.0 Å². The Hall–Kier alpha value is -3.73. The molecule has 4 aromatic rings. The number of benzene rings is 3. The van der Waals surface area contributed by atoms with Crippen molar-refractivity contribution >= 4 is 51.3 Å². The summed E-state index contributed by atoms with van der Waals surface area (Å²) in [6, 6.07) is 20.3. The van der Waals surface area contributed by atoms with Crippen LogP contribution in [0, 0.1) is 3.57 Å². The minimum Gasteiger partial charge on any atom is -0.493 e. The van der Waals surface area contributed by atoms with Gasteiger partial charge in [-0.15, -0.1) is 0 Å². The fraction of sp³-hybridized carbons (Fsp3) is 0.267. The zero-order chi connectivity index (χ0) is 27.2. The van der Waals surface area contributed by atoms with E-state index in [1.54, 1.807) is 25.5 Å². The second kappa shape index (κ2) is 12.4. The number of methoxy groups -OCH3 is 1. The molecule has 9 heteroatoms. The quantitative estimate of drug-likeness (QED) is 0.190. The van der Waals surface area contributed by atoms with E-state index in [1.807, 2.05) is 54.6 Å². The Morgan fingerprint density at radius 1 is 1.10 bits per heavy atom. The molecule has 1 fully saturated rings. The first-order valence-electron chi connectivity index (χ1n) is 12.9. The molecule has 39 heavy (non-hydrogen) atoms. The molecule has 1 aromatic heterocycles. The van der Waals surface area contributed by atoms with Gasteiger partial charge in [0.15, 0.2) is 18.1 Å². The van der Waals surface area contributed by atoms with Crippen LogP contribution < -0.4 is 20.3 Å². The third-order valence-electron chi connectivity index (χ3n) is 6.73. The number of hydrogen-bond donors (Lipinski definition) is 1. The summed E-state index contributed by atoms with van der Waals surface area (Å²) in [4.78, 5) is 30.7. The summed E-state index contributed by atoms with van der Waals surface area (Å²) in [5.74, 6) is 1.56. The van der Waals surface area contributed by atoms with Gasteiger partial charge in [-0.05, 0) is 77.4 Å². The van der Waals surface area contributed by atoms with Crippen LogP contribution in [0.2, 0.25) is 0 Å². The van der Waals surface area contributed by atoms with Crippen molar-refractivity contribution in [2.45, 2.75) is 38.0 Å². The predicted octanol–water partition coefficient (Wildman–Crippen LogP) is 5.96. The number of amides is 1. The molecule has 1 N–H and O–H groups in total. The average Bonchev–Trinajstić information content (AvgIpc) is 2.96. The minimum absolute atomic E-state index is 0.169. The van der Waals surface area contributed by atoms with Crippen molar-refractivity contribution < 1.29 is 14.3 Å². The zero-order valence-electron chi connectivity index (χ0n) is 21.6. The number of carbonyl (C=O) groups is 1. The van der Waals surface area contributed by atoms with Crippen LogP contribution in [-0.2, 0) is 4.79 Å². The molecule has 1 saturated carbocycles. The molecule has 0 atom stereocenters. The zero-order valence-corrected chi connectivity index (χ0v) is 23.8. The van der Waals surface area contributed by atoms with Crippen LogP contribution in [0.4, 0.5) is 5.69 Å². The maximum absolute atomic E-state index is 13.5. The SMILES string of the molecule is COc1cc(C=Nn2c(C3CCCCC3)nc3ccccc3c2=O)cc(I)c1OCC(=O)Nc1ccccc1. The first-order chi connectivity index (χ1) is 19.0. The van der Waals surface area contributed by atoms with Crippen LogP contribution in [0.5, 0.6) is 11.5 Å². The molecular weight excluding hydrogens is 607 g/mol. The maximum Gasteiger partial charge on any atom is 0.282 e. The van der Waals surface area contributed by atoms with E-state index in [1.165, 1.54) is 11.1 Å². The van der Waals surface area contributed by atoms with Gasteiger partial charge in [0, 0.05) is 11.6 Å². The molecule has 0 bridgehead atoms.